The maximum Gasteiger partial charge on any atom is 0.207 e. The summed E-state index contributed by atoms with van der Waals surface area (Å²) in [5, 5.41) is 14.8. The summed E-state index contributed by atoms with van der Waals surface area (Å²) in [6.07, 6.45) is 0. The molecule has 3 aromatic rings. The molecule has 0 aromatic heterocycles. The number of hydrogen-bond donors (Lipinski definition) is 1. The molecule has 0 amide bonds. The number of benzene rings is 3. The van der Waals surface area contributed by atoms with Crippen LogP contribution in [-0.2, 0) is 4.57 Å². The quantitative estimate of drug-likeness (QED) is 0.588. The van der Waals surface area contributed by atoms with Crippen molar-refractivity contribution in [1.82, 2.24) is 5.09 Å². The van der Waals surface area contributed by atoms with Crippen molar-refractivity contribution in [3.63, 3.8) is 0 Å². The Balaban J connectivity index is 2.25. The van der Waals surface area contributed by atoms with E-state index in [9.17, 15) is 9.83 Å². The third-order valence-electron chi connectivity index (χ3n) is 5.36. The van der Waals surface area contributed by atoms with Gasteiger partial charge in [0.25, 0.3) is 0 Å². The van der Waals surface area contributed by atoms with E-state index in [4.69, 9.17) is 0 Å². The smallest absolute Gasteiger partial charge is 0.207 e. The van der Waals surface area contributed by atoms with Crippen molar-refractivity contribution in [2.45, 2.75) is 40.7 Å². The molecule has 0 heterocycles. The molecule has 0 aliphatic rings. The molecule has 3 rings (SSSR count). The van der Waals surface area contributed by atoms with Crippen molar-refractivity contribution >= 4 is 17.9 Å². The second-order valence-electron chi connectivity index (χ2n) is 7.69. The van der Waals surface area contributed by atoms with Gasteiger partial charge in [-0.05, 0) is 62.4 Å². The van der Waals surface area contributed by atoms with Gasteiger partial charge in [0, 0.05) is 10.6 Å². The summed E-state index contributed by atoms with van der Waals surface area (Å²) in [5.41, 5.74) is 5.79. The Bertz CT molecular complexity index is 1030. The first kappa shape index (κ1) is 21.1. The van der Waals surface area contributed by atoms with Crippen molar-refractivity contribution in [2.75, 3.05) is 0 Å². The molecule has 0 aliphatic carbocycles. The average Bonchev–Trinajstić information content (AvgIpc) is 2.66. The van der Waals surface area contributed by atoms with Gasteiger partial charge in [-0.15, -0.1) is 0 Å². The Kier molecular flexibility index (Phi) is 6.08. The molecule has 0 fully saturated rings. The molecule has 1 N–H and O–H groups in total. The van der Waals surface area contributed by atoms with Crippen molar-refractivity contribution in [2.24, 2.45) is 0 Å². The summed E-state index contributed by atoms with van der Waals surface area (Å²) in [6, 6.07) is 21.3. The van der Waals surface area contributed by atoms with Gasteiger partial charge in [-0.25, -0.2) is 5.09 Å². The van der Waals surface area contributed by atoms with Gasteiger partial charge in [0.2, 0.25) is 7.29 Å². The molecule has 29 heavy (non-hydrogen) atoms. The van der Waals surface area contributed by atoms with Gasteiger partial charge in [-0.2, -0.15) is 5.26 Å². The zero-order valence-electron chi connectivity index (χ0n) is 17.7. The van der Waals surface area contributed by atoms with Crippen LogP contribution < -0.4 is 15.7 Å². The highest BCUT2D eigenvalue weighted by molar-refractivity contribution is 7.77. The molecule has 148 valence electrons. The second kappa shape index (κ2) is 8.37. The monoisotopic (exact) mass is 402 g/mol. The fourth-order valence-corrected chi connectivity index (χ4v) is 7.30. The number of rotatable bonds is 5. The number of nitrogens with zero attached hydrogens (tertiary/aromatic N) is 1. The Morgan fingerprint density at radius 3 is 1.55 bits per heavy atom. The van der Waals surface area contributed by atoms with Gasteiger partial charge in [0.05, 0.1) is 6.07 Å². The van der Waals surface area contributed by atoms with Crippen LogP contribution in [0.1, 0.15) is 39.4 Å². The Labute approximate surface area is 173 Å². The van der Waals surface area contributed by atoms with Gasteiger partial charge < -0.3 is 0 Å². The van der Waals surface area contributed by atoms with Crippen molar-refractivity contribution < 1.29 is 4.57 Å². The number of hydrogen-bond acceptors (Lipinski definition) is 2. The van der Waals surface area contributed by atoms with Crippen LogP contribution in [0.5, 0.6) is 0 Å². The average molecular weight is 402 g/mol. The van der Waals surface area contributed by atoms with E-state index < -0.39 is 13.3 Å². The van der Waals surface area contributed by atoms with E-state index in [1.165, 1.54) is 0 Å². The summed E-state index contributed by atoms with van der Waals surface area (Å²) in [7, 11) is -3.30. The summed E-state index contributed by atoms with van der Waals surface area (Å²) in [6.45, 7) is 9.95. The molecule has 0 saturated heterocycles. The van der Waals surface area contributed by atoms with Crippen molar-refractivity contribution in [1.29, 1.82) is 5.26 Å². The number of nitrogens with one attached hydrogen (secondary N) is 1. The molecule has 0 saturated carbocycles. The third kappa shape index (κ3) is 4.06. The van der Waals surface area contributed by atoms with Crippen LogP contribution >= 0.6 is 7.29 Å². The van der Waals surface area contributed by atoms with Crippen LogP contribution in [0.15, 0.2) is 60.7 Å². The number of aryl methyl sites for hydroxylation is 5. The highest BCUT2D eigenvalue weighted by Crippen LogP contribution is 2.45. The van der Waals surface area contributed by atoms with E-state index in [1.807, 2.05) is 95.3 Å². The van der Waals surface area contributed by atoms with E-state index in [1.54, 1.807) is 0 Å². The highest BCUT2D eigenvalue weighted by atomic mass is 31.2. The molecule has 0 radical (unpaired) electrons. The lowest BCUT2D eigenvalue weighted by Gasteiger charge is -2.29. The number of nitriles is 1. The van der Waals surface area contributed by atoms with Crippen LogP contribution in [0.25, 0.3) is 0 Å². The summed E-state index contributed by atoms with van der Waals surface area (Å²) < 4.78 is 14.8. The first-order valence-electron chi connectivity index (χ1n) is 9.75. The predicted molar refractivity (Wildman–Crippen MR) is 121 cm³/mol. The minimum Gasteiger partial charge on any atom is -0.296 e. The zero-order chi connectivity index (χ0) is 21.2. The van der Waals surface area contributed by atoms with E-state index in [0.717, 1.165) is 44.0 Å². The standard InChI is InChI=1S/C25H27N2OP/c1-17-12-14-22(15-13-17)23(16-26)27-29(28,24-18(2)8-6-9-19(24)3)25-20(4)10-7-11-21(25)5/h6-15,23H,1-5H3,(H,27,28)/t23-/m0/s1. The predicted octanol–water partition coefficient (Wildman–Crippen LogP) is 5.31. The lowest BCUT2D eigenvalue weighted by Crippen LogP contribution is -2.34. The molecule has 3 nitrogen and oxygen atoms in total. The fraction of sp³-hybridized carbons (Fsp3) is 0.240. The molecular formula is C25H27N2OP. The normalized spacial score (nSPS) is 12.4. The van der Waals surface area contributed by atoms with E-state index in [0.29, 0.717) is 0 Å². The van der Waals surface area contributed by atoms with E-state index >= 15 is 0 Å². The zero-order valence-corrected chi connectivity index (χ0v) is 18.5. The van der Waals surface area contributed by atoms with E-state index in [2.05, 4.69) is 11.2 Å². The molecular weight excluding hydrogens is 375 g/mol. The summed E-state index contributed by atoms with van der Waals surface area (Å²) in [4.78, 5) is 0. The fourth-order valence-electron chi connectivity index (χ4n) is 3.96. The summed E-state index contributed by atoms with van der Waals surface area (Å²) in [5.74, 6) is 0. The van der Waals surface area contributed by atoms with Gasteiger partial charge >= 0.3 is 0 Å². The van der Waals surface area contributed by atoms with Gasteiger partial charge in [-0.3, -0.25) is 4.57 Å². The first-order chi connectivity index (χ1) is 13.8. The summed E-state index contributed by atoms with van der Waals surface area (Å²) >= 11 is 0. The minimum atomic E-state index is -3.30. The molecule has 0 bridgehead atoms. The van der Waals surface area contributed by atoms with Gasteiger partial charge in [0.1, 0.15) is 6.04 Å². The largest absolute Gasteiger partial charge is 0.296 e. The second-order valence-corrected chi connectivity index (χ2v) is 10.1. The van der Waals surface area contributed by atoms with Crippen molar-refractivity contribution in [3.05, 3.63) is 94.0 Å². The van der Waals surface area contributed by atoms with Crippen LogP contribution in [0.2, 0.25) is 0 Å². The Morgan fingerprint density at radius 2 is 1.17 bits per heavy atom. The first-order valence-corrected chi connectivity index (χ1v) is 11.5. The molecule has 0 aliphatic heterocycles. The Hall–Kier alpha value is -2.66. The van der Waals surface area contributed by atoms with Crippen molar-refractivity contribution in [3.8, 4) is 6.07 Å². The SMILES string of the molecule is Cc1ccc([C@H](C#N)NP(=O)(c2c(C)cccc2C)c2c(C)cccc2C)cc1. The Morgan fingerprint density at radius 1 is 0.759 bits per heavy atom. The van der Waals surface area contributed by atoms with Crippen LogP contribution in [-0.4, -0.2) is 0 Å². The topological polar surface area (TPSA) is 52.9 Å². The van der Waals surface area contributed by atoms with Gasteiger partial charge in [-0.1, -0.05) is 66.2 Å². The lowest BCUT2D eigenvalue weighted by atomic mass is 10.1. The van der Waals surface area contributed by atoms with Crippen LogP contribution in [0, 0.1) is 45.9 Å². The maximum atomic E-state index is 14.8. The van der Waals surface area contributed by atoms with Crippen LogP contribution in [0.3, 0.4) is 0 Å². The molecule has 3 aromatic carbocycles. The molecule has 0 spiro atoms. The maximum absolute atomic E-state index is 14.8. The third-order valence-corrected chi connectivity index (χ3v) is 8.65. The minimum absolute atomic E-state index is 0.681. The molecule has 1 atom stereocenters. The molecule has 0 unspecified atom stereocenters. The highest BCUT2D eigenvalue weighted by Gasteiger charge is 2.35. The lowest BCUT2D eigenvalue weighted by molar-refractivity contribution is 0.573. The van der Waals surface area contributed by atoms with E-state index in [-0.39, 0.29) is 0 Å². The van der Waals surface area contributed by atoms with Gasteiger partial charge in [0.15, 0.2) is 0 Å². The molecule has 4 heteroatoms. The van der Waals surface area contributed by atoms with Crippen LogP contribution in [0.4, 0.5) is 0 Å².